The summed E-state index contributed by atoms with van der Waals surface area (Å²) in [5, 5.41) is 3.01. The van der Waals surface area contributed by atoms with Crippen LogP contribution in [0.5, 0.6) is 0 Å². The van der Waals surface area contributed by atoms with Gasteiger partial charge in [-0.3, -0.25) is 9.78 Å². The van der Waals surface area contributed by atoms with Gasteiger partial charge in [0.05, 0.1) is 12.7 Å². The van der Waals surface area contributed by atoms with Gasteiger partial charge in [0, 0.05) is 12.2 Å². The van der Waals surface area contributed by atoms with Crippen LogP contribution < -0.4 is 5.32 Å². The first kappa shape index (κ1) is 14.5. The predicted octanol–water partition coefficient (Wildman–Crippen LogP) is 2.18. The van der Waals surface area contributed by atoms with Gasteiger partial charge in [-0.15, -0.1) is 0 Å². The van der Waals surface area contributed by atoms with Gasteiger partial charge in [0.15, 0.2) is 0 Å². The van der Waals surface area contributed by atoms with Crippen LogP contribution in [-0.2, 0) is 4.74 Å². The fourth-order valence-electron chi connectivity index (χ4n) is 2.59. The summed E-state index contributed by atoms with van der Waals surface area (Å²) < 4.78 is 4.59. The van der Waals surface area contributed by atoms with Crippen molar-refractivity contribution in [3.63, 3.8) is 0 Å². The van der Waals surface area contributed by atoms with Crippen LogP contribution in [0.2, 0.25) is 0 Å². The number of ether oxygens (including phenoxy) is 1. The number of methoxy groups -OCH3 is 1. The van der Waals surface area contributed by atoms with Gasteiger partial charge in [0.2, 0.25) is 0 Å². The molecule has 2 unspecified atom stereocenters. The molecule has 0 saturated heterocycles. The second kappa shape index (κ2) is 6.50. The Morgan fingerprint density at radius 3 is 2.75 bits per heavy atom. The van der Waals surface area contributed by atoms with Gasteiger partial charge < -0.3 is 10.1 Å². The smallest absolute Gasteiger partial charge is 0.339 e. The van der Waals surface area contributed by atoms with Crippen LogP contribution in [0.4, 0.5) is 0 Å². The Hall–Kier alpha value is -1.91. The van der Waals surface area contributed by atoms with Crippen molar-refractivity contribution < 1.29 is 14.3 Å². The van der Waals surface area contributed by atoms with Gasteiger partial charge in [-0.2, -0.15) is 0 Å². The molecule has 5 heteroatoms. The highest BCUT2D eigenvalue weighted by atomic mass is 16.5. The lowest BCUT2D eigenvalue weighted by atomic mass is 9.87. The third-order valence-electron chi connectivity index (χ3n) is 3.69. The highest BCUT2D eigenvalue weighted by Gasteiger charge is 2.21. The first-order valence-corrected chi connectivity index (χ1v) is 6.95. The maximum Gasteiger partial charge on any atom is 0.339 e. The van der Waals surface area contributed by atoms with E-state index < -0.39 is 5.97 Å². The Morgan fingerprint density at radius 2 is 2.15 bits per heavy atom. The Kier molecular flexibility index (Phi) is 4.71. The van der Waals surface area contributed by atoms with E-state index in [1.54, 1.807) is 12.1 Å². The Bertz CT molecular complexity index is 484. The third kappa shape index (κ3) is 3.56. The summed E-state index contributed by atoms with van der Waals surface area (Å²) in [6.45, 7) is 2.21. The van der Waals surface area contributed by atoms with Crippen LogP contribution in [0.1, 0.15) is 53.5 Å². The molecule has 1 N–H and O–H groups in total. The molecule has 1 amide bonds. The van der Waals surface area contributed by atoms with Crippen LogP contribution in [0.15, 0.2) is 18.3 Å². The fourth-order valence-corrected chi connectivity index (χ4v) is 2.59. The second-order valence-electron chi connectivity index (χ2n) is 5.37. The standard InChI is InChI=1S/C15H20N2O3/c1-10-4-3-5-12(8-10)17-14(18)13-7-6-11(9-16-13)15(19)20-2/h6-7,9-10,12H,3-5,8H2,1-2H3,(H,17,18). The molecule has 5 nitrogen and oxygen atoms in total. The zero-order valence-electron chi connectivity index (χ0n) is 11.9. The van der Waals surface area contributed by atoms with Gasteiger partial charge in [-0.25, -0.2) is 4.79 Å². The number of pyridine rings is 1. The van der Waals surface area contributed by atoms with Crippen LogP contribution in [0, 0.1) is 5.92 Å². The lowest BCUT2D eigenvalue weighted by Gasteiger charge is -2.27. The van der Waals surface area contributed by atoms with E-state index in [9.17, 15) is 9.59 Å². The number of hydrogen-bond acceptors (Lipinski definition) is 4. The van der Waals surface area contributed by atoms with E-state index in [2.05, 4.69) is 22.0 Å². The Labute approximate surface area is 118 Å². The summed E-state index contributed by atoms with van der Waals surface area (Å²) >= 11 is 0. The third-order valence-corrected chi connectivity index (χ3v) is 3.69. The first-order chi connectivity index (χ1) is 9.60. The molecule has 2 atom stereocenters. The average molecular weight is 276 g/mol. The summed E-state index contributed by atoms with van der Waals surface area (Å²) in [6.07, 6.45) is 5.80. The quantitative estimate of drug-likeness (QED) is 0.859. The van der Waals surface area contributed by atoms with Crippen LogP contribution in [0.25, 0.3) is 0 Å². The van der Waals surface area contributed by atoms with Gasteiger partial charge in [0.25, 0.3) is 5.91 Å². The van der Waals surface area contributed by atoms with Crippen LogP contribution in [-0.4, -0.2) is 30.0 Å². The lowest BCUT2D eigenvalue weighted by molar-refractivity contribution is 0.0599. The SMILES string of the molecule is COC(=O)c1ccc(C(=O)NC2CCCC(C)C2)nc1. The Balaban J connectivity index is 1.97. The van der Waals surface area contributed by atoms with Crippen LogP contribution >= 0.6 is 0 Å². The van der Waals surface area contributed by atoms with Crippen molar-refractivity contribution in [2.45, 2.75) is 38.6 Å². The number of hydrogen-bond donors (Lipinski definition) is 1. The fraction of sp³-hybridized carbons (Fsp3) is 0.533. The molecule has 1 aliphatic rings. The van der Waals surface area contributed by atoms with Crippen molar-refractivity contribution >= 4 is 11.9 Å². The first-order valence-electron chi connectivity index (χ1n) is 6.95. The molecule has 0 aromatic carbocycles. The monoisotopic (exact) mass is 276 g/mol. The maximum atomic E-state index is 12.1. The second-order valence-corrected chi connectivity index (χ2v) is 5.37. The lowest BCUT2D eigenvalue weighted by Crippen LogP contribution is -2.38. The van der Waals surface area contributed by atoms with E-state index in [1.807, 2.05) is 0 Å². The topological polar surface area (TPSA) is 68.3 Å². The molecule has 1 aliphatic carbocycles. The summed E-state index contributed by atoms with van der Waals surface area (Å²) in [7, 11) is 1.31. The molecule has 1 saturated carbocycles. The molecule has 0 spiro atoms. The van der Waals surface area contributed by atoms with E-state index in [0.29, 0.717) is 17.2 Å². The number of nitrogens with one attached hydrogen (secondary N) is 1. The van der Waals surface area contributed by atoms with Crippen molar-refractivity contribution in [3.8, 4) is 0 Å². The summed E-state index contributed by atoms with van der Waals surface area (Å²) in [5.74, 6) is 0.0230. The van der Waals surface area contributed by atoms with Crippen molar-refractivity contribution in [2.24, 2.45) is 5.92 Å². The number of carbonyl (C=O) groups is 2. The van der Waals surface area contributed by atoms with Crippen molar-refractivity contribution in [1.29, 1.82) is 0 Å². The van der Waals surface area contributed by atoms with E-state index in [0.717, 1.165) is 19.3 Å². The minimum atomic E-state index is -0.453. The number of amides is 1. The molecule has 20 heavy (non-hydrogen) atoms. The number of esters is 1. The predicted molar refractivity (Wildman–Crippen MR) is 74.5 cm³/mol. The van der Waals surface area contributed by atoms with E-state index in [-0.39, 0.29) is 11.9 Å². The minimum Gasteiger partial charge on any atom is -0.465 e. The number of nitrogens with zero attached hydrogens (tertiary/aromatic N) is 1. The molecule has 1 fully saturated rings. The summed E-state index contributed by atoms with van der Waals surface area (Å²) in [6, 6.07) is 3.33. The minimum absolute atomic E-state index is 0.180. The molecular weight excluding hydrogens is 256 g/mol. The summed E-state index contributed by atoms with van der Waals surface area (Å²) in [5.41, 5.74) is 0.672. The number of carbonyl (C=O) groups excluding carboxylic acids is 2. The molecular formula is C15H20N2O3. The highest BCUT2D eigenvalue weighted by molar-refractivity contribution is 5.94. The average Bonchev–Trinajstić information content (AvgIpc) is 2.46. The van der Waals surface area contributed by atoms with Gasteiger partial charge in [0.1, 0.15) is 5.69 Å². The van der Waals surface area contributed by atoms with Crippen molar-refractivity contribution in [3.05, 3.63) is 29.6 Å². The molecule has 2 rings (SSSR count). The molecule has 1 aromatic rings. The zero-order valence-corrected chi connectivity index (χ0v) is 11.9. The molecule has 1 heterocycles. The normalized spacial score (nSPS) is 22.1. The zero-order chi connectivity index (χ0) is 14.5. The van der Waals surface area contributed by atoms with E-state index in [4.69, 9.17) is 0 Å². The number of aromatic nitrogens is 1. The molecule has 1 aromatic heterocycles. The van der Waals surface area contributed by atoms with Gasteiger partial charge in [-0.05, 0) is 30.9 Å². The van der Waals surface area contributed by atoms with Crippen molar-refractivity contribution in [2.75, 3.05) is 7.11 Å². The van der Waals surface area contributed by atoms with Crippen molar-refractivity contribution in [1.82, 2.24) is 10.3 Å². The van der Waals surface area contributed by atoms with Gasteiger partial charge >= 0.3 is 5.97 Å². The van der Waals surface area contributed by atoms with Crippen LogP contribution in [0.3, 0.4) is 0 Å². The molecule has 0 radical (unpaired) electrons. The number of rotatable bonds is 3. The Morgan fingerprint density at radius 1 is 1.35 bits per heavy atom. The van der Waals surface area contributed by atoms with Gasteiger partial charge in [-0.1, -0.05) is 19.8 Å². The largest absolute Gasteiger partial charge is 0.465 e. The molecule has 0 bridgehead atoms. The van der Waals surface area contributed by atoms with E-state index >= 15 is 0 Å². The maximum absolute atomic E-state index is 12.1. The highest BCUT2D eigenvalue weighted by Crippen LogP contribution is 2.23. The molecule has 108 valence electrons. The summed E-state index contributed by atoms with van der Waals surface area (Å²) in [4.78, 5) is 27.4. The van der Waals surface area contributed by atoms with E-state index in [1.165, 1.54) is 19.7 Å². The molecule has 0 aliphatic heterocycles.